The molecular weight excluding hydrogens is 733 g/mol. The van der Waals surface area contributed by atoms with Crippen LogP contribution in [0.1, 0.15) is 0 Å². The van der Waals surface area contributed by atoms with Gasteiger partial charge in [-0.1, -0.05) is 152 Å². The maximum Gasteiger partial charge on any atom is 0.0641 e. The Kier molecular flexibility index (Phi) is 7.75. The molecule has 3 heterocycles. The quantitative estimate of drug-likeness (QED) is 0.169. The van der Waals surface area contributed by atoms with Gasteiger partial charge in [-0.2, -0.15) is 0 Å². The zero-order valence-corrected chi connectivity index (χ0v) is 32.9. The van der Waals surface area contributed by atoms with Crippen LogP contribution >= 0.6 is 11.3 Å². The molecule has 0 bridgehead atoms. The molecule has 0 aliphatic carbocycles. The third-order valence-corrected chi connectivity index (χ3v) is 13.0. The summed E-state index contributed by atoms with van der Waals surface area (Å²) in [5.74, 6) is 0. The van der Waals surface area contributed by atoms with E-state index >= 15 is 0 Å². The highest BCUT2D eigenvalue weighted by molar-refractivity contribution is 7.25. The Morgan fingerprint density at radius 1 is 0.322 bits per heavy atom. The number of thiophene rings is 1. The average Bonchev–Trinajstić information content (AvgIpc) is 3.82. The SMILES string of the molecule is c1ccc(-c2cc(-c3ccccc3)cc(-n3c4c(c5ccccc53)-c3ccccc3N(c3cccc(-c5ccc6sc7ccccc7c6c5)c3)c3ccccc3-4)c2)cc1. The van der Waals surface area contributed by atoms with Crippen LogP contribution < -0.4 is 4.90 Å². The van der Waals surface area contributed by atoms with E-state index in [1.54, 1.807) is 0 Å². The Bertz CT molecular complexity index is 3330. The van der Waals surface area contributed by atoms with E-state index in [2.05, 4.69) is 228 Å². The Morgan fingerprint density at radius 3 is 1.64 bits per heavy atom. The first-order chi connectivity index (χ1) is 29.3. The van der Waals surface area contributed by atoms with Gasteiger partial charge in [0.05, 0.1) is 22.6 Å². The molecule has 59 heavy (non-hydrogen) atoms. The van der Waals surface area contributed by atoms with Crippen LogP contribution in [0.25, 0.3) is 92.5 Å². The second kappa shape index (κ2) is 13.6. The van der Waals surface area contributed by atoms with Crippen molar-refractivity contribution >= 4 is 59.5 Å². The average molecular weight is 769 g/mol. The molecule has 0 unspecified atom stereocenters. The molecule has 0 fully saturated rings. The molecule has 0 atom stereocenters. The van der Waals surface area contributed by atoms with Crippen LogP contribution in [0.3, 0.4) is 0 Å². The van der Waals surface area contributed by atoms with Crippen molar-refractivity contribution in [2.45, 2.75) is 0 Å². The van der Waals surface area contributed by atoms with Gasteiger partial charge in [0.1, 0.15) is 0 Å². The smallest absolute Gasteiger partial charge is 0.0641 e. The highest BCUT2D eigenvalue weighted by atomic mass is 32.1. The third-order valence-electron chi connectivity index (χ3n) is 11.9. The number of fused-ring (bicyclic) bond motifs is 10. The van der Waals surface area contributed by atoms with Crippen LogP contribution in [-0.4, -0.2) is 4.57 Å². The molecule has 0 N–H and O–H groups in total. The van der Waals surface area contributed by atoms with Crippen LogP contribution in [0, 0.1) is 0 Å². The molecule has 11 aromatic rings. The molecule has 0 amide bonds. The van der Waals surface area contributed by atoms with Crippen molar-refractivity contribution in [3.63, 3.8) is 0 Å². The molecule has 1 aliphatic rings. The first kappa shape index (κ1) is 33.7. The largest absolute Gasteiger partial charge is 0.309 e. The van der Waals surface area contributed by atoms with Gasteiger partial charge < -0.3 is 9.47 Å². The minimum Gasteiger partial charge on any atom is -0.309 e. The number of para-hydroxylation sites is 3. The highest BCUT2D eigenvalue weighted by Crippen LogP contribution is 2.55. The predicted octanol–water partition coefficient (Wildman–Crippen LogP) is 16.1. The van der Waals surface area contributed by atoms with Crippen molar-refractivity contribution in [1.29, 1.82) is 0 Å². The zero-order valence-electron chi connectivity index (χ0n) is 32.1. The van der Waals surface area contributed by atoms with E-state index in [1.807, 2.05) is 11.3 Å². The van der Waals surface area contributed by atoms with Crippen molar-refractivity contribution in [3.05, 3.63) is 218 Å². The van der Waals surface area contributed by atoms with E-state index < -0.39 is 0 Å². The maximum atomic E-state index is 2.51. The van der Waals surface area contributed by atoms with Crippen LogP contribution in [-0.2, 0) is 0 Å². The number of aromatic nitrogens is 1. The summed E-state index contributed by atoms with van der Waals surface area (Å²) in [6.07, 6.45) is 0. The standard InChI is InChI=1S/C56H36N2S/c1-3-16-37(17-4-1)41-32-42(38-18-5-2-6-19-38)35-44(34-41)58-51-27-12-8-24-47(51)55-46-23-7-11-26-50(46)57(52-28-13-9-25-48(52)56(55)58)43-21-15-20-39(33-43)40-30-31-54-49(36-40)45-22-10-14-29-53(45)59-54/h1-36H. The first-order valence-electron chi connectivity index (χ1n) is 20.2. The van der Waals surface area contributed by atoms with Crippen molar-refractivity contribution < 1.29 is 0 Å². The maximum absolute atomic E-state index is 2.51. The molecule has 0 saturated heterocycles. The lowest BCUT2D eigenvalue weighted by Crippen LogP contribution is -2.11. The number of rotatable bonds is 5. The fraction of sp³-hybridized carbons (Fsp3) is 0. The zero-order chi connectivity index (χ0) is 38.9. The van der Waals surface area contributed by atoms with Gasteiger partial charge in [0, 0.05) is 53.6 Å². The molecule has 1 aliphatic heterocycles. The summed E-state index contributed by atoms with van der Waals surface area (Å²) in [5, 5.41) is 3.85. The molecule has 2 nitrogen and oxygen atoms in total. The molecule has 12 rings (SSSR count). The third kappa shape index (κ3) is 5.47. The fourth-order valence-electron chi connectivity index (χ4n) is 9.26. The minimum atomic E-state index is 1.12. The predicted molar refractivity (Wildman–Crippen MR) is 252 cm³/mol. The number of benzene rings is 9. The fourth-order valence-corrected chi connectivity index (χ4v) is 10.3. The molecule has 0 saturated carbocycles. The molecule has 2 aromatic heterocycles. The molecule has 9 aromatic carbocycles. The molecule has 3 heteroatoms. The Morgan fingerprint density at radius 2 is 0.881 bits per heavy atom. The lowest BCUT2D eigenvalue weighted by molar-refractivity contribution is 1.14. The lowest BCUT2D eigenvalue weighted by Gasteiger charge is -2.28. The molecule has 276 valence electrons. The van der Waals surface area contributed by atoms with E-state index in [1.165, 1.54) is 86.8 Å². The van der Waals surface area contributed by atoms with Gasteiger partial charge in [-0.25, -0.2) is 0 Å². The van der Waals surface area contributed by atoms with E-state index in [-0.39, 0.29) is 0 Å². The summed E-state index contributed by atoms with van der Waals surface area (Å²) in [5.41, 5.74) is 17.7. The summed E-state index contributed by atoms with van der Waals surface area (Å²) in [7, 11) is 0. The van der Waals surface area contributed by atoms with Crippen LogP contribution in [0.5, 0.6) is 0 Å². The number of anilines is 3. The number of hydrogen-bond acceptors (Lipinski definition) is 2. The van der Waals surface area contributed by atoms with Crippen LogP contribution in [0.2, 0.25) is 0 Å². The van der Waals surface area contributed by atoms with Crippen LogP contribution in [0.15, 0.2) is 218 Å². The van der Waals surface area contributed by atoms with Gasteiger partial charge >= 0.3 is 0 Å². The van der Waals surface area contributed by atoms with Crippen LogP contribution in [0.4, 0.5) is 17.1 Å². The van der Waals surface area contributed by atoms with Gasteiger partial charge in [0.15, 0.2) is 0 Å². The van der Waals surface area contributed by atoms with E-state index in [0.29, 0.717) is 0 Å². The normalized spacial score (nSPS) is 12.0. The molecule has 0 radical (unpaired) electrons. The number of hydrogen-bond donors (Lipinski definition) is 0. The van der Waals surface area contributed by atoms with Crippen molar-refractivity contribution in [3.8, 4) is 61.5 Å². The van der Waals surface area contributed by atoms with E-state index in [0.717, 1.165) is 22.7 Å². The lowest BCUT2D eigenvalue weighted by atomic mass is 9.97. The van der Waals surface area contributed by atoms with Crippen molar-refractivity contribution in [2.24, 2.45) is 0 Å². The van der Waals surface area contributed by atoms with Gasteiger partial charge in [0.2, 0.25) is 0 Å². The summed E-state index contributed by atoms with van der Waals surface area (Å²) in [6, 6.07) is 80.1. The first-order valence-corrected chi connectivity index (χ1v) is 21.0. The minimum absolute atomic E-state index is 1.12. The molecular formula is C56H36N2S. The van der Waals surface area contributed by atoms with Gasteiger partial charge in [-0.3, -0.25) is 0 Å². The summed E-state index contributed by atoms with van der Waals surface area (Å²) < 4.78 is 5.15. The molecule has 0 spiro atoms. The highest BCUT2D eigenvalue weighted by Gasteiger charge is 2.31. The Balaban J connectivity index is 1.11. The summed E-state index contributed by atoms with van der Waals surface area (Å²) in [4.78, 5) is 2.47. The van der Waals surface area contributed by atoms with E-state index in [9.17, 15) is 0 Å². The topological polar surface area (TPSA) is 8.17 Å². The van der Waals surface area contributed by atoms with E-state index in [4.69, 9.17) is 0 Å². The van der Waals surface area contributed by atoms with Gasteiger partial charge in [-0.15, -0.1) is 11.3 Å². The van der Waals surface area contributed by atoms with Crippen molar-refractivity contribution in [2.75, 3.05) is 4.90 Å². The summed E-state index contributed by atoms with van der Waals surface area (Å²) in [6.45, 7) is 0. The second-order valence-corrected chi connectivity index (χ2v) is 16.4. The van der Waals surface area contributed by atoms with Gasteiger partial charge in [-0.05, 0) is 100 Å². The van der Waals surface area contributed by atoms with Gasteiger partial charge in [0.25, 0.3) is 0 Å². The Hall–Kier alpha value is -7.46. The Labute approximate surface area is 347 Å². The van der Waals surface area contributed by atoms with Crippen molar-refractivity contribution in [1.82, 2.24) is 4.57 Å². The number of nitrogens with zero attached hydrogens (tertiary/aromatic N) is 2. The second-order valence-electron chi connectivity index (χ2n) is 15.3. The monoisotopic (exact) mass is 768 g/mol. The summed E-state index contributed by atoms with van der Waals surface area (Å²) >= 11 is 1.86.